The molecule has 0 spiro atoms. The highest BCUT2D eigenvalue weighted by molar-refractivity contribution is 7.20. The predicted molar refractivity (Wildman–Crippen MR) is 80.2 cm³/mol. The van der Waals surface area contributed by atoms with Gasteiger partial charge in [0.15, 0.2) is 0 Å². The van der Waals surface area contributed by atoms with E-state index in [2.05, 4.69) is 5.32 Å². The van der Waals surface area contributed by atoms with Crippen LogP contribution in [0.15, 0.2) is 24.3 Å². The third kappa shape index (κ3) is 3.78. The third-order valence-corrected chi connectivity index (χ3v) is 4.25. The number of halogens is 1. The van der Waals surface area contributed by atoms with Gasteiger partial charge in [-0.25, -0.2) is 9.18 Å². The van der Waals surface area contributed by atoms with Crippen LogP contribution in [0.3, 0.4) is 0 Å². The number of unbranched alkanes of at least 4 members (excludes halogenated alkanes) is 1. The first-order valence-corrected chi connectivity index (χ1v) is 7.55. The second-order valence-electron chi connectivity index (χ2n) is 4.80. The van der Waals surface area contributed by atoms with Gasteiger partial charge in [-0.05, 0) is 30.0 Å². The molecule has 1 heterocycles. The minimum atomic E-state index is -1.04. The molecule has 0 bridgehead atoms. The molecule has 2 rings (SSSR count). The maximum absolute atomic E-state index is 13.1. The fourth-order valence-corrected chi connectivity index (χ4v) is 3.00. The molecule has 2 aromatic rings. The number of fused-ring (bicyclic) bond motifs is 1. The lowest BCUT2D eigenvalue weighted by atomic mass is 10.1. The lowest BCUT2D eigenvalue weighted by Gasteiger charge is -2.13. The molecule has 6 heteroatoms. The number of hydrogen-bond donors (Lipinski definition) is 2. The Balaban J connectivity index is 2.15. The second kappa shape index (κ2) is 6.67. The fraction of sp³-hybridized carbons (Fsp3) is 0.333. The van der Waals surface area contributed by atoms with E-state index < -0.39 is 17.9 Å². The maximum atomic E-state index is 13.1. The van der Waals surface area contributed by atoms with E-state index in [-0.39, 0.29) is 5.82 Å². The number of aliphatic carboxylic acids is 1. The highest BCUT2D eigenvalue weighted by Gasteiger charge is 2.21. The summed E-state index contributed by atoms with van der Waals surface area (Å²) in [6.07, 6.45) is 1.99. The van der Waals surface area contributed by atoms with Gasteiger partial charge >= 0.3 is 5.97 Å². The lowest BCUT2D eigenvalue weighted by molar-refractivity contribution is -0.139. The lowest BCUT2D eigenvalue weighted by Crippen LogP contribution is -2.40. The zero-order chi connectivity index (χ0) is 15.4. The molecule has 1 amide bonds. The molecule has 0 unspecified atom stereocenters. The highest BCUT2D eigenvalue weighted by Crippen LogP contribution is 2.26. The standard InChI is InChI=1S/C15H16FNO3S/c1-2-3-4-11(15(19)20)17-14(18)13-7-9-5-6-10(16)8-12(9)21-13/h5-8,11H,2-4H2,1H3,(H,17,18)(H,19,20)/t11-/m0/s1. The van der Waals surface area contributed by atoms with Gasteiger partial charge in [0.1, 0.15) is 11.9 Å². The van der Waals surface area contributed by atoms with Crippen LogP contribution in [0.4, 0.5) is 4.39 Å². The quantitative estimate of drug-likeness (QED) is 0.859. The topological polar surface area (TPSA) is 66.4 Å². The number of benzene rings is 1. The Morgan fingerprint density at radius 3 is 2.81 bits per heavy atom. The molecule has 0 fully saturated rings. The van der Waals surface area contributed by atoms with Gasteiger partial charge < -0.3 is 10.4 Å². The molecule has 1 atom stereocenters. The average molecular weight is 309 g/mol. The molecule has 1 aromatic heterocycles. The summed E-state index contributed by atoms with van der Waals surface area (Å²) in [6.45, 7) is 1.96. The molecule has 0 aliphatic rings. The van der Waals surface area contributed by atoms with E-state index in [1.165, 1.54) is 12.1 Å². The molecular formula is C15H16FNO3S. The van der Waals surface area contributed by atoms with Crippen molar-refractivity contribution < 1.29 is 19.1 Å². The molecule has 0 aliphatic heterocycles. The molecule has 0 radical (unpaired) electrons. The normalized spacial score (nSPS) is 12.3. The van der Waals surface area contributed by atoms with E-state index >= 15 is 0 Å². The van der Waals surface area contributed by atoms with Crippen molar-refractivity contribution in [2.45, 2.75) is 32.2 Å². The Labute approximate surface area is 125 Å². The van der Waals surface area contributed by atoms with Crippen LogP contribution in [0.25, 0.3) is 10.1 Å². The summed E-state index contributed by atoms with van der Waals surface area (Å²) in [6, 6.07) is 5.05. The van der Waals surface area contributed by atoms with Gasteiger partial charge in [0, 0.05) is 4.70 Å². The van der Waals surface area contributed by atoms with Crippen LogP contribution in [0.1, 0.15) is 35.9 Å². The van der Waals surface area contributed by atoms with Crippen LogP contribution in [0.5, 0.6) is 0 Å². The van der Waals surface area contributed by atoms with E-state index in [0.29, 0.717) is 16.0 Å². The fourth-order valence-electron chi connectivity index (χ4n) is 2.01. The van der Waals surface area contributed by atoms with Crippen molar-refractivity contribution in [1.29, 1.82) is 0 Å². The van der Waals surface area contributed by atoms with Crippen molar-refractivity contribution in [1.82, 2.24) is 5.32 Å². The third-order valence-electron chi connectivity index (χ3n) is 3.16. The first kappa shape index (κ1) is 15.4. The van der Waals surface area contributed by atoms with E-state index in [1.54, 1.807) is 12.1 Å². The van der Waals surface area contributed by atoms with Gasteiger partial charge in [-0.15, -0.1) is 11.3 Å². The summed E-state index contributed by atoms with van der Waals surface area (Å²) in [5, 5.41) is 12.4. The van der Waals surface area contributed by atoms with E-state index in [9.17, 15) is 14.0 Å². The van der Waals surface area contributed by atoms with Gasteiger partial charge in [0.05, 0.1) is 4.88 Å². The van der Waals surface area contributed by atoms with Gasteiger partial charge in [-0.3, -0.25) is 4.79 Å². The van der Waals surface area contributed by atoms with Crippen molar-refractivity contribution in [3.8, 4) is 0 Å². The largest absolute Gasteiger partial charge is 0.480 e. The molecule has 21 heavy (non-hydrogen) atoms. The molecule has 0 saturated heterocycles. The summed E-state index contributed by atoms with van der Waals surface area (Å²) in [5.41, 5.74) is 0. The van der Waals surface area contributed by atoms with Crippen molar-refractivity contribution >= 4 is 33.3 Å². The van der Waals surface area contributed by atoms with Crippen molar-refractivity contribution in [3.05, 3.63) is 35.0 Å². The molecule has 1 aromatic carbocycles. The molecular weight excluding hydrogens is 293 g/mol. The maximum Gasteiger partial charge on any atom is 0.326 e. The van der Waals surface area contributed by atoms with Crippen LogP contribution in [0.2, 0.25) is 0 Å². The Morgan fingerprint density at radius 1 is 1.38 bits per heavy atom. The number of amides is 1. The van der Waals surface area contributed by atoms with Crippen LogP contribution < -0.4 is 5.32 Å². The SMILES string of the molecule is CCCC[C@H](NC(=O)c1cc2ccc(F)cc2s1)C(=O)O. The molecule has 4 nitrogen and oxygen atoms in total. The number of carboxylic acids is 1. The molecule has 2 N–H and O–H groups in total. The Kier molecular flexibility index (Phi) is 4.90. The summed E-state index contributed by atoms with van der Waals surface area (Å²) in [5.74, 6) is -1.83. The van der Waals surface area contributed by atoms with Crippen LogP contribution in [-0.2, 0) is 4.79 Å². The molecule has 0 aliphatic carbocycles. The van der Waals surface area contributed by atoms with E-state index in [4.69, 9.17) is 5.11 Å². The first-order chi connectivity index (χ1) is 10.0. The highest BCUT2D eigenvalue weighted by atomic mass is 32.1. The Morgan fingerprint density at radius 2 is 2.14 bits per heavy atom. The number of thiophene rings is 1. The van der Waals surface area contributed by atoms with Gasteiger partial charge in [-0.1, -0.05) is 25.8 Å². The summed E-state index contributed by atoms with van der Waals surface area (Å²) >= 11 is 1.15. The number of nitrogens with one attached hydrogen (secondary N) is 1. The van der Waals surface area contributed by atoms with E-state index in [1.807, 2.05) is 6.92 Å². The van der Waals surface area contributed by atoms with Crippen LogP contribution in [0, 0.1) is 5.82 Å². The number of rotatable bonds is 6. The molecule has 0 saturated carbocycles. The number of carbonyl (C=O) groups is 2. The number of carboxylic acid groups (broad SMARTS) is 1. The first-order valence-electron chi connectivity index (χ1n) is 6.74. The van der Waals surface area contributed by atoms with E-state index in [0.717, 1.165) is 29.6 Å². The van der Waals surface area contributed by atoms with Crippen LogP contribution in [-0.4, -0.2) is 23.0 Å². The zero-order valence-corrected chi connectivity index (χ0v) is 12.4. The van der Waals surface area contributed by atoms with Crippen molar-refractivity contribution in [2.75, 3.05) is 0 Å². The number of carbonyl (C=O) groups excluding carboxylic acids is 1. The predicted octanol–water partition coefficient (Wildman–Crippen LogP) is 3.41. The summed E-state index contributed by atoms with van der Waals surface area (Å²) < 4.78 is 13.8. The van der Waals surface area contributed by atoms with Crippen molar-refractivity contribution in [2.24, 2.45) is 0 Å². The summed E-state index contributed by atoms with van der Waals surface area (Å²) in [4.78, 5) is 23.6. The Hall–Kier alpha value is -1.95. The van der Waals surface area contributed by atoms with Gasteiger partial charge in [-0.2, -0.15) is 0 Å². The summed E-state index contributed by atoms with van der Waals surface area (Å²) in [7, 11) is 0. The van der Waals surface area contributed by atoms with Gasteiger partial charge in [0.2, 0.25) is 0 Å². The second-order valence-corrected chi connectivity index (χ2v) is 5.88. The minimum absolute atomic E-state index is 0.359. The van der Waals surface area contributed by atoms with Crippen molar-refractivity contribution in [3.63, 3.8) is 0 Å². The van der Waals surface area contributed by atoms with Crippen LogP contribution >= 0.6 is 11.3 Å². The smallest absolute Gasteiger partial charge is 0.326 e. The average Bonchev–Trinajstić information content (AvgIpc) is 2.85. The Bertz CT molecular complexity index is 668. The zero-order valence-electron chi connectivity index (χ0n) is 11.6. The minimum Gasteiger partial charge on any atom is -0.480 e. The van der Waals surface area contributed by atoms with Gasteiger partial charge in [0.25, 0.3) is 5.91 Å². The molecule has 112 valence electrons. The number of hydrogen-bond acceptors (Lipinski definition) is 3. The monoisotopic (exact) mass is 309 g/mol.